The second-order valence-corrected chi connectivity index (χ2v) is 4.55. The van der Waals surface area contributed by atoms with E-state index < -0.39 is 0 Å². The lowest BCUT2D eigenvalue weighted by atomic mass is 10.0. The Bertz CT molecular complexity index is 466. The second-order valence-electron chi connectivity index (χ2n) is 4.55. The summed E-state index contributed by atoms with van der Waals surface area (Å²) in [5, 5.41) is 0. The van der Waals surface area contributed by atoms with Crippen LogP contribution in [0.1, 0.15) is 24.9 Å². The molecule has 3 nitrogen and oxygen atoms in total. The van der Waals surface area contributed by atoms with Gasteiger partial charge in [0.1, 0.15) is 6.23 Å². The minimum atomic E-state index is -0.0728. The molecular weight excluding hydrogens is 214 g/mol. The minimum absolute atomic E-state index is 0.0670. The fourth-order valence-corrected chi connectivity index (χ4v) is 2.52. The lowest BCUT2D eigenvalue weighted by molar-refractivity contribution is -0.134. The molecule has 1 unspecified atom stereocenters. The summed E-state index contributed by atoms with van der Waals surface area (Å²) in [6.45, 7) is 2.47. The molecule has 2 aliphatic heterocycles. The maximum Gasteiger partial charge on any atom is 0.251 e. The molecule has 2 aliphatic rings. The Kier molecular flexibility index (Phi) is 2.48. The lowest BCUT2D eigenvalue weighted by Crippen LogP contribution is -2.40. The van der Waals surface area contributed by atoms with Crippen LogP contribution in [0.2, 0.25) is 0 Å². The Balaban J connectivity index is 1.94. The molecule has 3 heteroatoms. The molecule has 0 aliphatic carbocycles. The fourth-order valence-electron chi connectivity index (χ4n) is 2.52. The number of rotatable bonds is 1. The molecular formula is C14H15NO2. The lowest BCUT2D eigenvalue weighted by Gasteiger charge is -2.31. The van der Waals surface area contributed by atoms with E-state index in [0.717, 1.165) is 17.6 Å². The molecule has 0 spiro atoms. The number of carbonyl (C=O) groups excluding carboxylic acids is 1. The van der Waals surface area contributed by atoms with Crippen LogP contribution in [0.3, 0.4) is 0 Å². The SMILES string of the molecule is CC1=CC[C@H]2OCC(c3ccccc3)N2C1=O. The van der Waals surface area contributed by atoms with E-state index in [2.05, 4.69) is 12.1 Å². The number of nitrogens with zero attached hydrogens (tertiary/aromatic N) is 1. The zero-order chi connectivity index (χ0) is 11.8. The molecule has 0 saturated carbocycles. The van der Waals surface area contributed by atoms with Crippen molar-refractivity contribution in [2.45, 2.75) is 25.6 Å². The van der Waals surface area contributed by atoms with E-state index in [0.29, 0.717) is 6.61 Å². The van der Waals surface area contributed by atoms with Crippen LogP contribution in [0.4, 0.5) is 0 Å². The average Bonchev–Trinajstić information content (AvgIpc) is 2.79. The molecule has 1 saturated heterocycles. The summed E-state index contributed by atoms with van der Waals surface area (Å²) in [6, 6.07) is 10.2. The predicted molar refractivity (Wildman–Crippen MR) is 64.1 cm³/mol. The van der Waals surface area contributed by atoms with E-state index in [1.54, 1.807) is 0 Å². The standard InChI is InChI=1S/C14H15NO2/c1-10-7-8-13-15(14(10)16)12(9-17-13)11-5-3-2-4-6-11/h2-7,12-13H,8-9H2,1H3/t12?,13-/m1/s1. The van der Waals surface area contributed by atoms with E-state index in [1.807, 2.05) is 36.1 Å². The first kappa shape index (κ1) is 10.5. The zero-order valence-corrected chi connectivity index (χ0v) is 9.80. The third-order valence-corrected chi connectivity index (χ3v) is 3.47. The van der Waals surface area contributed by atoms with Crippen LogP contribution in [0, 0.1) is 0 Å². The molecule has 88 valence electrons. The van der Waals surface area contributed by atoms with E-state index in [1.165, 1.54) is 0 Å². The van der Waals surface area contributed by atoms with E-state index in [9.17, 15) is 4.79 Å². The summed E-state index contributed by atoms with van der Waals surface area (Å²) in [5.41, 5.74) is 1.98. The van der Waals surface area contributed by atoms with Gasteiger partial charge >= 0.3 is 0 Å². The summed E-state index contributed by atoms with van der Waals surface area (Å²) in [6.07, 6.45) is 2.70. The summed E-state index contributed by atoms with van der Waals surface area (Å²) in [5.74, 6) is 0.104. The minimum Gasteiger partial charge on any atom is -0.355 e. The Morgan fingerprint density at radius 1 is 1.29 bits per heavy atom. The molecule has 1 aromatic rings. The monoisotopic (exact) mass is 229 g/mol. The van der Waals surface area contributed by atoms with E-state index in [-0.39, 0.29) is 18.2 Å². The van der Waals surface area contributed by atoms with Gasteiger partial charge in [0.25, 0.3) is 5.91 Å². The van der Waals surface area contributed by atoms with Crippen molar-refractivity contribution in [3.8, 4) is 0 Å². The molecule has 1 fully saturated rings. The number of fused-ring (bicyclic) bond motifs is 1. The smallest absolute Gasteiger partial charge is 0.251 e. The average molecular weight is 229 g/mol. The van der Waals surface area contributed by atoms with Crippen molar-refractivity contribution in [2.24, 2.45) is 0 Å². The number of hydrogen-bond acceptors (Lipinski definition) is 2. The number of ether oxygens (including phenoxy) is 1. The molecule has 2 heterocycles. The molecule has 17 heavy (non-hydrogen) atoms. The summed E-state index contributed by atoms with van der Waals surface area (Å²) < 4.78 is 5.70. The van der Waals surface area contributed by atoms with Crippen LogP contribution >= 0.6 is 0 Å². The molecule has 0 bridgehead atoms. The molecule has 3 rings (SSSR count). The van der Waals surface area contributed by atoms with Gasteiger partial charge in [-0.05, 0) is 12.5 Å². The van der Waals surface area contributed by atoms with Gasteiger partial charge < -0.3 is 9.64 Å². The van der Waals surface area contributed by atoms with Crippen molar-refractivity contribution < 1.29 is 9.53 Å². The van der Waals surface area contributed by atoms with Gasteiger partial charge in [-0.1, -0.05) is 36.4 Å². The van der Waals surface area contributed by atoms with E-state index >= 15 is 0 Å². The van der Waals surface area contributed by atoms with Crippen LogP contribution in [0.15, 0.2) is 42.0 Å². The van der Waals surface area contributed by atoms with Crippen LogP contribution in [-0.4, -0.2) is 23.6 Å². The summed E-state index contributed by atoms with van der Waals surface area (Å²) in [7, 11) is 0. The van der Waals surface area contributed by atoms with Gasteiger partial charge in [-0.2, -0.15) is 0 Å². The maximum atomic E-state index is 12.2. The van der Waals surface area contributed by atoms with Crippen LogP contribution in [0.25, 0.3) is 0 Å². The predicted octanol–water partition coefficient (Wildman–Crippen LogP) is 2.26. The third-order valence-electron chi connectivity index (χ3n) is 3.47. The summed E-state index contributed by atoms with van der Waals surface area (Å²) in [4.78, 5) is 14.0. The maximum absolute atomic E-state index is 12.2. The van der Waals surface area contributed by atoms with Gasteiger partial charge in [0.2, 0.25) is 0 Å². The van der Waals surface area contributed by atoms with Crippen molar-refractivity contribution in [2.75, 3.05) is 6.61 Å². The van der Waals surface area contributed by atoms with Crippen molar-refractivity contribution >= 4 is 5.91 Å². The number of carbonyl (C=O) groups is 1. The highest BCUT2D eigenvalue weighted by atomic mass is 16.5. The van der Waals surface area contributed by atoms with Crippen molar-refractivity contribution in [1.29, 1.82) is 0 Å². The first-order valence-electron chi connectivity index (χ1n) is 5.93. The Morgan fingerprint density at radius 3 is 2.82 bits per heavy atom. The normalized spacial score (nSPS) is 27.9. The topological polar surface area (TPSA) is 29.5 Å². The highest BCUT2D eigenvalue weighted by Crippen LogP contribution is 2.35. The van der Waals surface area contributed by atoms with Crippen LogP contribution in [-0.2, 0) is 9.53 Å². The molecule has 1 amide bonds. The molecule has 0 aromatic heterocycles. The van der Waals surface area contributed by atoms with E-state index in [4.69, 9.17) is 4.74 Å². The van der Waals surface area contributed by atoms with Crippen molar-refractivity contribution in [3.63, 3.8) is 0 Å². The van der Waals surface area contributed by atoms with Crippen LogP contribution in [0.5, 0.6) is 0 Å². The Morgan fingerprint density at radius 2 is 2.06 bits per heavy atom. The van der Waals surface area contributed by atoms with Gasteiger partial charge in [0.05, 0.1) is 12.6 Å². The summed E-state index contributed by atoms with van der Waals surface area (Å²) >= 11 is 0. The highest BCUT2D eigenvalue weighted by molar-refractivity contribution is 5.94. The largest absolute Gasteiger partial charge is 0.355 e. The van der Waals surface area contributed by atoms with Gasteiger partial charge in [-0.15, -0.1) is 0 Å². The first-order chi connectivity index (χ1) is 8.27. The van der Waals surface area contributed by atoms with Crippen LogP contribution < -0.4 is 0 Å². The molecule has 0 N–H and O–H groups in total. The number of benzene rings is 1. The third kappa shape index (κ3) is 1.67. The van der Waals surface area contributed by atoms with Gasteiger partial charge in [-0.25, -0.2) is 0 Å². The van der Waals surface area contributed by atoms with Gasteiger partial charge in [0.15, 0.2) is 0 Å². The second kappa shape index (κ2) is 4.00. The zero-order valence-electron chi connectivity index (χ0n) is 9.80. The number of hydrogen-bond donors (Lipinski definition) is 0. The fraction of sp³-hybridized carbons (Fsp3) is 0.357. The first-order valence-corrected chi connectivity index (χ1v) is 5.93. The molecule has 0 radical (unpaired) electrons. The van der Waals surface area contributed by atoms with Crippen molar-refractivity contribution in [1.82, 2.24) is 4.90 Å². The molecule has 2 atom stereocenters. The highest BCUT2D eigenvalue weighted by Gasteiger charge is 2.40. The molecule has 1 aromatic carbocycles. The number of amides is 1. The van der Waals surface area contributed by atoms with Gasteiger partial charge in [0, 0.05) is 12.0 Å². The van der Waals surface area contributed by atoms with Gasteiger partial charge in [-0.3, -0.25) is 4.79 Å². The quantitative estimate of drug-likeness (QED) is 0.739. The Labute approximate surface area is 101 Å². The Hall–Kier alpha value is -1.61. The van der Waals surface area contributed by atoms with Crippen molar-refractivity contribution in [3.05, 3.63) is 47.5 Å².